The van der Waals surface area contributed by atoms with E-state index in [0.29, 0.717) is 11.3 Å². The van der Waals surface area contributed by atoms with E-state index in [9.17, 15) is 10.1 Å². The number of nitro benzene ring substituents is 1. The van der Waals surface area contributed by atoms with Crippen LogP contribution in [-0.4, -0.2) is 9.91 Å². The van der Waals surface area contributed by atoms with Crippen LogP contribution < -0.4 is 5.49 Å². The largest absolute Gasteiger partial charge is 0.283 e. The maximum Gasteiger partial charge on any atom is 0.276 e. The zero-order valence-corrected chi connectivity index (χ0v) is 9.98. The first-order valence-electron chi connectivity index (χ1n) is 5.60. The van der Waals surface area contributed by atoms with Gasteiger partial charge < -0.3 is 0 Å². The molecule has 1 N–H and O–H groups in total. The second-order valence-electron chi connectivity index (χ2n) is 3.79. The molecule has 0 unspecified atom stereocenters. The zero-order valence-electron chi connectivity index (χ0n) is 9.98. The summed E-state index contributed by atoms with van der Waals surface area (Å²) in [4.78, 5) is 14.5. The van der Waals surface area contributed by atoms with Gasteiger partial charge in [-0.3, -0.25) is 15.5 Å². The Balaban J connectivity index is 2.39. The van der Waals surface area contributed by atoms with Crippen LogP contribution in [0.5, 0.6) is 0 Å². The topological polar surface area (TPSA) is 79.9 Å². The first-order valence-corrected chi connectivity index (χ1v) is 5.60. The van der Waals surface area contributed by atoms with Gasteiger partial charge in [-0.15, -0.1) is 0 Å². The van der Waals surface area contributed by atoms with E-state index in [1.807, 2.05) is 0 Å². The van der Waals surface area contributed by atoms with Crippen LogP contribution in [0.1, 0.15) is 11.3 Å². The molecule has 2 rings (SSSR count). The Labute approximate surface area is 109 Å². The summed E-state index contributed by atoms with van der Waals surface area (Å²) in [7, 11) is 0. The minimum Gasteiger partial charge on any atom is -0.283 e. The molecule has 0 saturated carbocycles. The third-order valence-corrected chi connectivity index (χ3v) is 2.45. The maximum atomic E-state index is 10.9. The summed E-state index contributed by atoms with van der Waals surface area (Å²) in [5.41, 5.74) is 1.28. The van der Waals surface area contributed by atoms with E-state index in [1.54, 1.807) is 54.6 Å². The first-order chi connectivity index (χ1) is 9.16. The van der Waals surface area contributed by atoms with Gasteiger partial charge in [-0.1, -0.05) is 24.3 Å². The number of hydrogen-bond donors (Lipinski definition) is 1. The zero-order chi connectivity index (χ0) is 13.7. The van der Waals surface area contributed by atoms with Crippen LogP contribution in [-0.2, 0) is 0 Å². The molecule has 0 spiro atoms. The van der Waals surface area contributed by atoms with Gasteiger partial charge in [0.05, 0.1) is 16.2 Å². The van der Waals surface area contributed by atoms with Gasteiger partial charge in [0.15, 0.2) is 0 Å². The lowest BCUT2D eigenvalue weighted by molar-refractivity contribution is -0.385. The average Bonchev–Trinajstić information content (AvgIpc) is 2.61. The fourth-order valence-electron chi connectivity index (χ4n) is 1.58. The SMILES string of the molecule is N=c1ccccc(C=Cc2ccccc2[N+](=O)[O-])n1. The molecular weight excluding hydrogens is 242 g/mol. The van der Waals surface area contributed by atoms with Gasteiger partial charge in [0.1, 0.15) is 5.49 Å². The Kier molecular flexibility index (Phi) is 3.78. The molecule has 0 radical (unpaired) electrons. The van der Waals surface area contributed by atoms with Crippen molar-refractivity contribution in [1.29, 1.82) is 5.41 Å². The van der Waals surface area contributed by atoms with E-state index in [-0.39, 0.29) is 11.2 Å². The van der Waals surface area contributed by atoms with Crippen LogP contribution in [0.4, 0.5) is 5.69 Å². The molecule has 0 aliphatic carbocycles. The predicted octanol–water partition coefficient (Wildman–Crippen LogP) is 2.64. The van der Waals surface area contributed by atoms with Crippen LogP contribution in [0.15, 0.2) is 48.5 Å². The number of benzene rings is 1. The van der Waals surface area contributed by atoms with Gasteiger partial charge in [0.2, 0.25) is 0 Å². The van der Waals surface area contributed by atoms with E-state index >= 15 is 0 Å². The summed E-state index contributed by atoms with van der Waals surface area (Å²) in [6, 6.07) is 13.3. The molecule has 1 heterocycles. The molecule has 0 fully saturated rings. The molecule has 5 nitrogen and oxygen atoms in total. The monoisotopic (exact) mass is 253 g/mol. The van der Waals surface area contributed by atoms with Crippen LogP contribution in [0.25, 0.3) is 12.2 Å². The highest BCUT2D eigenvalue weighted by molar-refractivity contribution is 5.72. The average molecular weight is 253 g/mol. The second kappa shape index (κ2) is 5.68. The number of aromatic nitrogens is 1. The van der Waals surface area contributed by atoms with Crippen molar-refractivity contribution < 1.29 is 4.92 Å². The fraction of sp³-hybridized carbons (Fsp3) is 0. The normalized spacial score (nSPS) is 10.5. The minimum absolute atomic E-state index is 0.0464. The highest BCUT2D eigenvalue weighted by atomic mass is 16.6. The summed E-state index contributed by atoms with van der Waals surface area (Å²) in [5, 5.41) is 18.4. The molecule has 0 amide bonds. The van der Waals surface area contributed by atoms with Gasteiger partial charge >= 0.3 is 0 Å². The van der Waals surface area contributed by atoms with Crippen molar-refractivity contribution in [2.24, 2.45) is 0 Å². The molecular formula is C14H11N3O2. The standard InChI is InChI=1S/C14H11N3O2/c15-14-8-4-2-6-12(16-14)10-9-11-5-1-3-7-13(11)17(18)19/h1-10,15H. The van der Waals surface area contributed by atoms with Gasteiger partial charge in [0.25, 0.3) is 5.69 Å². The molecule has 0 atom stereocenters. The predicted molar refractivity (Wildman–Crippen MR) is 72.1 cm³/mol. The number of hydrogen-bond acceptors (Lipinski definition) is 4. The van der Waals surface area contributed by atoms with E-state index in [2.05, 4.69) is 4.98 Å². The summed E-state index contributed by atoms with van der Waals surface area (Å²) in [6.07, 6.45) is 3.28. The molecule has 0 aliphatic heterocycles. The maximum absolute atomic E-state index is 10.9. The van der Waals surface area contributed by atoms with Crippen LogP contribution in [0.3, 0.4) is 0 Å². The van der Waals surface area contributed by atoms with Crippen molar-refractivity contribution >= 4 is 17.8 Å². The van der Waals surface area contributed by atoms with Crippen molar-refractivity contribution in [3.05, 3.63) is 75.4 Å². The lowest BCUT2D eigenvalue weighted by Gasteiger charge is -1.95. The van der Waals surface area contributed by atoms with E-state index in [1.165, 1.54) is 6.07 Å². The Bertz CT molecular complexity index is 696. The molecule has 0 aliphatic rings. The molecule has 2 aromatic rings. The van der Waals surface area contributed by atoms with Crippen molar-refractivity contribution in [2.75, 3.05) is 0 Å². The first kappa shape index (κ1) is 12.6. The fourth-order valence-corrected chi connectivity index (χ4v) is 1.58. The summed E-state index contributed by atoms with van der Waals surface area (Å²) < 4.78 is 0. The van der Waals surface area contributed by atoms with Crippen molar-refractivity contribution in [3.8, 4) is 0 Å². The molecule has 1 aromatic heterocycles. The Morgan fingerprint density at radius 3 is 2.53 bits per heavy atom. The van der Waals surface area contributed by atoms with Crippen molar-refractivity contribution in [3.63, 3.8) is 0 Å². The Morgan fingerprint density at radius 1 is 1.05 bits per heavy atom. The highest BCUT2D eigenvalue weighted by Crippen LogP contribution is 2.19. The lowest BCUT2D eigenvalue weighted by atomic mass is 10.1. The van der Waals surface area contributed by atoms with Crippen molar-refractivity contribution in [1.82, 2.24) is 4.98 Å². The molecule has 5 heteroatoms. The van der Waals surface area contributed by atoms with E-state index in [4.69, 9.17) is 5.41 Å². The van der Waals surface area contributed by atoms with Gasteiger partial charge in [-0.25, -0.2) is 4.98 Å². The van der Waals surface area contributed by atoms with Crippen LogP contribution in [0, 0.1) is 15.5 Å². The lowest BCUT2D eigenvalue weighted by Crippen LogP contribution is -2.00. The summed E-state index contributed by atoms with van der Waals surface area (Å²) >= 11 is 0. The van der Waals surface area contributed by atoms with Gasteiger partial charge in [-0.05, 0) is 30.4 Å². The molecule has 19 heavy (non-hydrogen) atoms. The minimum atomic E-state index is -0.423. The van der Waals surface area contributed by atoms with E-state index < -0.39 is 4.92 Å². The Hall–Kier alpha value is -2.82. The summed E-state index contributed by atoms with van der Waals surface area (Å²) in [6.45, 7) is 0. The third-order valence-electron chi connectivity index (χ3n) is 2.45. The van der Waals surface area contributed by atoms with E-state index in [0.717, 1.165) is 0 Å². The second-order valence-corrected chi connectivity index (χ2v) is 3.79. The molecule has 0 bridgehead atoms. The quantitative estimate of drug-likeness (QED) is 0.674. The third kappa shape index (κ3) is 3.32. The molecule has 94 valence electrons. The van der Waals surface area contributed by atoms with Gasteiger partial charge in [-0.2, -0.15) is 0 Å². The highest BCUT2D eigenvalue weighted by Gasteiger charge is 2.08. The summed E-state index contributed by atoms with van der Waals surface area (Å²) in [5.74, 6) is 0. The van der Waals surface area contributed by atoms with Crippen LogP contribution in [0.2, 0.25) is 0 Å². The van der Waals surface area contributed by atoms with Gasteiger partial charge in [0, 0.05) is 6.07 Å². The van der Waals surface area contributed by atoms with Crippen LogP contribution >= 0.6 is 0 Å². The number of nitro groups is 1. The number of nitrogens with zero attached hydrogens (tertiary/aromatic N) is 2. The number of nitrogens with one attached hydrogen (secondary N) is 1. The molecule has 0 saturated heterocycles. The molecule has 1 aromatic carbocycles. The number of rotatable bonds is 3. The Morgan fingerprint density at radius 2 is 1.74 bits per heavy atom. The van der Waals surface area contributed by atoms with Crippen molar-refractivity contribution in [2.45, 2.75) is 0 Å². The smallest absolute Gasteiger partial charge is 0.276 e. The number of para-hydroxylation sites is 1.